The minimum absolute atomic E-state index is 0.204. The molecule has 1 aliphatic carbocycles. The first-order valence-corrected chi connectivity index (χ1v) is 8.06. The SMILES string of the molecule is O=c1c2ncn(-c3ccccc3)c2ncn1Cc1nnnn1C1CC1. The molecule has 25 heavy (non-hydrogen) atoms. The average Bonchev–Trinajstić information content (AvgIpc) is 3.22. The van der Waals surface area contributed by atoms with Crippen LogP contribution in [0.5, 0.6) is 0 Å². The van der Waals surface area contributed by atoms with Crippen LogP contribution in [0.3, 0.4) is 0 Å². The van der Waals surface area contributed by atoms with Gasteiger partial charge in [-0.3, -0.25) is 13.9 Å². The lowest BCUT2D eigenvalue weighted by molar-refractivity contribution is 0.561. The van der Waals surface area contributed by atoms with Crippen molar-refractivity contribution in [2.75, 3.05) is 0 Å². The van der Waals surface area contributed by atoms with Gasteiger partial charge in [-0.05, 0) is 35.4 Å². The highest BCUT2D eigenvalue weighted by molar-refractivity contribution is 5.71. The highest BCUT2D eigenvalue weighted by Gasteiger charge is 2.28. The molecule has 0 bridgehead atoms. The Hall–Kier alpha value is -3.36. The number of benzene rings is 1. The first kappa shape index (κ1) is 14.0. The highest BCUT2D eigenvalue weighted by atomic mass is 16.1. The van der Waals surface area contributed by atoms with E-state index in [0.29, 0.717) is 23.0 Å². The summed E-state index contributed by atoms with van der Waals surface area (Å²) in [7, 11) is 0. The minimum Gasteiger partial charge on any atom is -0.289 e. The Morgan fingerprint density at radius 2 is 1.92 bits per heavy atom. The summed E-state index contributed by atoms with van der Waals surface area (Å²) in [5.41, 5.74) is 1.57. The maximum atomic E-state index is 12.8. The second-order valence-corrected chi connectivity index (χ2v) is 6.07. The molecule has 3 aromatic heterocycles. The van der Waals surface area contributed by atoms with Crippen LogP contribution in [0.15, 0.2) is 47.8 Å². The number of aromatic nitrogens is 8. The Kier molecular flexibility index (Phi) is 2.99. The van der Waals surface area contributed by atoms with Crippen molar-refractivity contribution in [3.05, 3.63) is 59.2 Å². The number of rotatable bonds is 4. The molecule has 124 valence electrons. The van der Waals surface area contributed by atoms with Gasteiger partial charge >= 0.3 is 0 Å². The standard InChI is InChI=1S/C16H14N8O/c25-16-14-15(23(10-17-14)11-4-2-1-3-5-11)18-9-22(16)8-13-19-20-21-24(13)12-6-7-12/h1-5,9-10,12H,6-8H2. The van der Waals surface area contributed by atoms with Gasteiger partial charge in [0.25, 0.3) is 5.56 Å². The van der Waals surface area contributed by atoms with Gasteiger partial charge in [-0.1, -0.05) is 18.2 Å². The van der Waals surface area contributed by atoms with E-state index >= 15 is 0 Å². The zero-order valence-corrected chi connectivity index (χ0v) is 13.2. The largest absolute Gasteiger partial charge is 0.289 e. The predicted molar refractivity (Wildman–Crippen MR) is 88.3 cm³/mol. The van der Waals surface area contributed by atoms with E-state index in [1.165, 1.54) is 10.9 Å². The molecule has 3 heterocycles. The summed E-state index contributed by atoms with van der Waals surface area (Å²) in [5.74, 6) is 0.660. The van der Waals surface area contributed by atoms with Crippen molar-refractivity contribution in [2.45, 2.75) is 25.4 Å². The first-order chi connectivity index (χ1) is 12.3. The fourth-order valence-corrected chi connectivity index (χ4v) is 2.89. The van der Waals surface area contributed by atoms with Crippen LogP contribution in [0, 0.1) is 0 Å². The molecule has 0 saturated heterocycles. The molecule has 1 aromatic carbocycles. The fraction of sp³-hybridized carbons (Fsp3) is 0.250. The summed E-state index contributed by atoms with van der Waals surface area (Å²) < 4.78 is 5.09. The Morgan fingerprint density at radius 1 is 1.08 bits per heavy atom. The molecule has 0 aliphatic heterocycles. The summed E-state index contributed by atoms with van der Waals surface area (Å²) in [6, 6.07) is 10.0. The minimum atomic E-state index is -0.204. The third-order valence-electron chi connectivity index (χ3n) is 4.32. The Bertz CT molecular complexity index is 1110. The third-order valence-corrected chi connectivity index (χ3v) is 4.32. The molecule has 9 nitrogen and oxygen atoms in total. The first-order valence-electron chi connectivity index (χ1n) is 8.06. The number of para-hydroxylation sites is 1. The summed E-state index contributed by atoms with van der Waals surface area (Å²) in [6.45, 7) is 0.281. The van der Waals surface area contributed by atoms with E-state index in [1.807, 2.05) is 30.3 Å². The molecule has 1 aliphatic rings. The summed E-state index contributed by atoms with van der Waals surface area (Å²) in [6.07, 6.45) is 5.29. The Balaban J connectivity index is 1.56. The van der Waals surface area contributed by atoms with Crippen LogP contribution < -0.4 is 5.56 Å². The smallest absolute Gasteiger partial charge is 0.281 e. The second-order valence-electron chi connectivity index (χ2n) is 6.07. The molecule has 1 fully saturated rings. The molecular weight excluding hydrogens is 320 g/mol. The lowest BCUT2D eigenvalue weighted by Crippen LogP contribution is -2.23. The molecule has 1 saturated carbocycles. The Labute approximate surface area is 141 Å². The normalized spacial score (nSPS) is 14.2. The van der Waals surface area contributed by atoms with Crippen molar-refractivity contribution in [2.24, 2.45) is 0 Å². The lowest BCUT2D eigenvalue weighted by atomic mass is 10.3. The van der Waals surface area contributed by atoms with Crippen molar-refractivity contribution >= 4 is 11.2 Å². The quantitative estimate of drug-likeness (QED) is 0.551. The van der Waals surface area contributed by atoms with Crippen LogP contribution in [0.4, 0.5) is 0 Å². The maximum absolute atomic E-state index is 12.8. The summed E-state index contributed by atoms with van der Waals surface area (Å²) in [4.78, 5) is 21.5. The predicted octanol–water partition coefficient (Wildman–Crippen LogP) is 0.952. The number of tetrazole rings is 1. The molecule has 0 atom stereocenters. The maximum Gasteiger partial charge on any atom is 0.281 e. The van der Waals surface area contributed by atoms with Crippen LogP contribution >= 0.6 is 0 Å². The average molecular weight is 334 g/mol. The van der Waals surface area contributed by atoms with Crippen molar-refractivity contribution in [3.63, 3.8) is 0 Å². The van der Waals surface area contributed by atoms with E-state index in [1.54, 1.807) is 15.6 Å². The van der Waals surface area contributed by atoms with E-state index in [4.69, 9.17) is 0 Å². The van der Waals surface area contributed by atoms with E-state index in [0.717, 1.165) is 18.5 Å². The van der Waals surface area contributed by atoms with Gasteiger partial charge in [0.1, 0.15) is 12.7 Å². The molecule has 0 unspecified atom stereocenters. The van der Waals surface area contributed by atoms with E-state index < -0.39 is 0 Å². The van der Waals surface area contributed by atoms with E-state index in [-0.39, 0.29) is 12.1 Å². The van der Waals surface area contributed by atoms with Crippen LogP contribution in [0.1, 0.15) is 24.7 Å². The molecular formula is C16H14N8O. The monoisotopic (exact) mass is 334 g/mol. The van der Waals surface area contributed by atoms with Crippen molar-refractivity contribution < 1.29 is 0 Å². The van der Waals surface area contributed by atoms with Crippen LogP contribution in [0.2, 0.25) is 0 Å². The summed E-state index contributed by atoms with van der Waals surface area (Å²) >= 11 is 0. The van der Waals surface area contributed by atoms with Gasteiger partial charge < -0.3 is 0 Å². The van der Waals surface area contributed by atoms with Gasteiger partial charge in [0.15, 0.2) is 17.0 Å². The topological polar surface area (TPSA) is 96.3 Å². The highest BCUT2D eigenvalue weighted by Crippen LogP contribution is 2.34. The van der Waals surface area contributed by atoms with Crippen LogP contribution in [-0.4, -0.2) is 39.3 Å². The molecule has 0 radical (unpaired) electrons. The van der Waals surface area contributed by atoms with Gasteiger partial charge in [-0.2, -0.15) is 0 Å². The molecule has 5 rings (SSSR count). The van der Waals surface area contributed by atoms with Gasteiger partial charge in [0, 0.05) is 5.69 Å². The zero-order chi connectivity index (χ0) is 16.8. The van der Waals surface area contributed by atoms with Gasteiger partial charge in [0.2, 0.25) is 0 Å². The number of hydrogen-bond donors (Lipinski definition) is 0. The third kappa shape index (κ3) is 2.32. The van der Waals surface area contributed by atoms with Gasteiger partial charge in [-0.25, -0.2) is 14.6 Å². The molecule has 0 amide bonds. The summed E-state index contributed by atoms with van der Waals surface area (Å²) in [5, 5.41) is 11.8. The van der Waals surface area contributed by atoms with E-state index in [9.17, 15) is 4.79 Å². The fourth-order valence-electron chi connectivity index (χ4n) is 2.89. The zero-order valence-electron chi connectivity index (χ0n) is 13.2. The Morgan fingerprint density at radius 3 is 2.72 bits per heavy atom. The second kappa shape index (κ2) is 5.33. The van der Waals surface area contributed by atoms with Gasteiger partial charge in [-0.15, -0.1) is 5.10 Å². The number of nitrogens with zero attached hydrogens (tertiary/aromatic N) is 8. The molecule has 0 spiro atoms. The number of imidazole rings is 1. The molecule has 9 heteroatoms. The van der Waals surface area contributed by atoms with Crippen molar-refractivity contribution in [3.8, 4) is 5.69 Å². The molecule has 4 aromatic rings. The van der Waals surface area contributed by atoms with Crippen LogP contribution in [-0.2, 0) is 6.54 Å². The lowest BCUT2D eigenvalue weighted by Gasteiger charge is -2.06. The number of hydrogen-bond acceptors (Lipinski definition) is 6. The van der Waals surface area contributed by atoms with E-state index in [2.05, 4.69) is 25.5 Å². The van der Waals surface area contributed by atoms with Crippen molar-refractivity contribution in [1.29, 1.82) is 0 Å². The van der Waals surface area contributed by atoms with Crippen molar-refractivity contribution in [1.82, 2.24) is 39.3 Å². The molecule has 0 N–H and O–H groups in total. The number of fused-ring (bicyclic) bond motifs is 1. The van der Waals surface area contributed by atoms with Gasteiger partial charge in [0.05, 0.1) is 12.6 Å². The van der Waals surface area contributed by atoms with Crippen LogP contribution in [0.25, 0.3) is 16.9 Å².